The van der Waals surface area contributed by atoms with Crippen LogP contribution in [0, 0.1) is 5.82 Å². The fourth-order valence-electron chi connectivity index (χ4n) is 2.62. The number of aromatic nitrogens is 2. The van der Waals surface area contributed by atoms with Gasteiger partial charge in [-0.3, -0.25) is 9.97 Å². The van der Waals surface area contributed by atoms with E-state index in [0.717, 1.165) is 17.1 Å². The van der Waals surface area contributed by atoms with Gasteiger partial charge in [-0.25, -0.2) is 9.18 Å². The first-order chi connectivity index (χ1) is 14.1. The van der Waals surface area contributed by atoms with Crippen LogP contribution in [-0.2, 0) is 0 Å². The Kier molecular flexibility index (Phi) is 5.22. The second-order valence-electron chi connectivity index (χ2n) is 6.04. The molecule has 6 nitrogen and oxygen atoms in total. The first-order valence-electron chi connectivity index (χ1n) is 8.58. The van der Waals surface area contributed by atoms with Crippen molar-refractivity contribution in [3.63, 3.8) is 0 Å². The highest BCUT2D eigenvalue weighted by atomic mass is 35.5. The fraction of sp³-hybridized carbons (Fsp3) is 0. The van der Waals surface area contributed by atoms with E-state index in [1.807, 2.05) is 12.1 Å². The Morgan fingerprint density at radius 2 is 1.48 bits per heavy atom. The minimum atomic E-state index is -0.606. The molecule has 0 aliphatic rings. The smallest absolute Gasteiger partial charge is 0.323 e. The zero-order chi connectivity index (χ0) is 20.2. The number of nitrogens with zero attached hydrogens (tertiary/aromatic N) is 2. The van der Waals surface area contributed by atoms with Gasteiger partial charge >= 0.3 is 6.03 Å². The maximum Gasteiger partial charge on any atom is 0.323 e. The van der Waals surface area contributed by atoms with Gasteiger partial charge in [0.25, 0.3) is 0 Å². The number of urea groups is 1. The maximum absolute atomic E-state index is 13.4. The number of amides is 2. The Bertz CT molecular complexity index is 1180. The summed E-state index contributed by atoms with van der Waals surface area (Å²) in [6, 6.07) is 15.8. The number of ether oxygens (including phenoxy) is 1. The minimum absolute atomic E-state index is 0.00925. The van der Waals surface area contributed by atoms with Gasteiger partial charge in [-0.2, -0.15) is 0 Å². The highest BCUT2D eigenvalue weighted by Crippen LogP contribution is 2.25. The molecule has 4 rings (SSSR count). The molecule has 8 heteroatoms. The summed E-state index contributed by atoms with van der Waals surface area (Å²) in [4.78, 5) is 20.5. The molecule has 2 N–H and O–H groups in total. The van der Waals surface area contributed by atoms with Crippen LogP contribution in [0.3, 0.4) is 0 Å². The SMILES string of the molecule is O=C(Nc1ccc(Oc2ccc3nccnc3c2)cc1)Nc1ccc(Cl)c(F)c1. The first kappa shape index (κ1) is 18.6. The van der Waals surface area contributed by atoms with Crippen molar-refractivity contribution in [1.29, 1.82) is 0 Å². The van der Waals surface area contributed by atoms with Gasteiger partial charge in [0.1, 0.15) is 17.3 Å². The lowest BCUT2D eigenvalue weighted by molar-refractivity contribution is 0.262. The van der Waals surface area contributed by atoms with Crippen LogP contribution >= 0.6 is 11.6 Å². The van der Waals surface area contributed by atoms with Gasteiger partial charge < -0.3 is 15.4 Å². The summed E-state index contributed by atoms with van der Waals surface area (Å²) in [7, 11) is 0. The number of anilines is 2. The largest absolute Gasteiger partial charge is 0.457 e. The Balaban J connectivity index is 1.39. The number of nitrogens with one attached hydrogen (secondary N) is 2. The predicted molar refractivity (Wildman–Crippen MR) is 110 cm³/mol. The predicted octanol–water partition coefficient (Wildman–Crippen LogP) is 5.86. The summed E-state index contributed by atoms with van der Waals surface area (Å²) in [5.41, 5.74) is 2.36. The average Bonchev–Trinajstić information content (AvgIpc) is 2.72. The molecule has 0 bridgehead atoms. The Hall–Kier alpha value is -3.71. The number of rotatable bonds is 4. The van der Waals surface area contributed by atoms with Crippen molar-refractivity contribution in [1.82, 2.24) is 9.97 Å². The highest BCUT2D eigenvalue weighted by Gasteiger charge is 2.06. The van der Waals surface area contributed by atoms with Crippen molar-refractivity contribution in [2.24, 2.45) is 0 Å². The summed E-state index contributed by atoms with van der Waals surface area (Å²) in [6.07, 6.45) is 3.25. The molecule has 3 aromatic carbocycles. The molecule has 0 saturated carbocycles. The second-order valence-corrected chi connectivity index (χ2v) is 6.45. The number of carbonyl (C=O) groups excluding carboxylic acids is 1. The van der Waals surface area contributed by atoms with E-state index in [2.05, 4.69) is 20.6 Å². The monoisotopic (exact) mass is 408 g/mol. The third-order valence-electron chi connectivity index (χ3n) is 3.97. The molecule has 0 aliphatic carbocycles. The van der Waals surface area contributed by atoms with Crippen LogP contribution in [-0.4, -0.2) is 16.0 Å². The van der Waals surface area contributed by atoms with E-state index in [-0.39, 0.29) is 5.02 Å². The van der Waals surface area contributed by atoms with Gasteiger partial charge in [-0.15, -0.1) is 0 Å². The minimum Gasteiger partial charge on any atom is -0.457 e. The molecule has 1 heterocycles. The zero-order valence-corrected chi connectivity index (χ0v) is 15.7. The number of carbonyl (C=O) groups is 1. The van der Waals surface area contributed by atoms with Gasteiger partial charge in [-0.05, 0) is 54.6 Å². The Morgan fingerprint density at radius 1 is 0.828 bits per heavy atom. The van der Waals surface area contributed by atoms with Crippen LogP contribution in [0.5, 0.6) is 11.5 Å². The average molecular weight is 409 g/mol. The molecule has 0 spiro atoms. The van der Waals surface area contributed by atoms with Crippen molar-refractivity contribution in [2.45, 2.75) is 0 Å². The molecule has 144 valence electrons. The van der Waals surface area contributed by atoms with E-state index < -0.39 is 11.8 Å². The third kappa shape index (κ3) is 4.59. The quantitative estimate of drug-likeness (QED) is 0.443. The van der Waals surface area contributed by atoms with Gasteiger partial charge in [0.2, 0.25) is 0 Å². The molecule has 4 aromatic rings. The number of halogens is 2. The van der Waals surface area contributed by atoms with E-state index in [0.29, 0.717) is 22.9 Å². The molecule has 0 radical (unpaired) electrons. The van der Waals surface area contributed by atoms with E-state index in [9.17, 15) is 9.18 Å². The third-order valence-corrected chi connectivity index (χ3v) is 4.27. The van der Waals surface area contributed by atoms with Crippen LogP contribution in [0.15, 0.2) is 73.1 Å². The van der Waals surface area contributed by atoms with Crippen molar-refractivity contribution in [3.8, 4) is 11.5 Å². The van der Waals surface area contributed by atoms with Crippen LogP contribution < -0.4 is 15.4 Å². The van der Waals surface area contributed by atoms with Crippen LogP contribution in [0.2, 0.25) is 5.02 Å². The normalized spacial score (nSPS) is 10.6. The molecule has 0 aliphatic heterocycles. The van der Waals surface area contributed by atoms with Crippen molar-refractivity contribution < 1.29 is 13.9 Å². The van der Waals surface area contributed by atoms with Crippen LogP contribution in [0.4, 0.5) is 20.6 Å². The molecule has 1 aromatic heterocycles. The fourth-order valence-corrected chi connectivity index (χ4v) is 2.73. The number of hydrogen-bond donors (Lipinski definition) is 2. The summed E-state index contributed by atoms with van der Waals surface area (Å²) in [5.74, 6) is 0.617. The maximum atomic E-state index is 13.4. The van der Waals surface area contributed by atoms with Gasteiger partial charge in [-0.1, -0.05) is 11.6 Å². The topological polar surface area (TPSA) is 76.1 Å². The Labute approximate surface area is 170 Å². The summed E-state index contributed by atoms with van der Waals surface area (Å²) >= 11 is 5.63. The second kappa shape index (κ2) is 8.12. The molecule has 2 amide bonds. The molecular weight excluding hydrogens is 395 g/mol. The number of benzene rings is 3. The molecule has 0 unspecified atom stereocenters. The molecule has 29 heavy (non-hydrogen) atoms. The van der Waals surface area contributed by atoms with E-state index >= 15 is 0 Å². The van der Waals surface area contributed by atoms with Crippen molar-refractivity contribution in [3.05, 3.63) is 83.9 Å². The Morgan fingerprint density at radius 3 is 2.24 bits per heavy atom. The van der Waals surface area contributed by atoms with Crippen LogP contribution in [0.1, 0.15) is 0 Å². The zero-order valence-electron chi connectivity index (χ0n) is 14.9. The van der Waals surface area contributed by atoms with Gasteiger partial charge in [0.15, 0.2) is 0 Å². The molecule has 0 saturated heterocycles. The lowest BCUT2D eigenvalue weighted by atomic mass is 10.2. The number of fused-ring (bicyclic) bond motifs is 1. The lowest BCUT2D eigenvalue weighted by Gasteiger charge is -2.10. The van der Waals surface area contributed by atoms with Crippen LogP contribution in [0.25, 0.3) is 11.0 Å². The standard InChI is InChI=1S/C21H14ClFN4O2/c22-17-7-3-14(11-18(17)23)27-21(28)26-13-1-4-15(5-2-13)29-16-6-8-19-20(12-16)25-10-9-24-19/h1-12H,(H2,26,27,28). The molecule has 0 fully saturated rings. The van der Waals surface area contributed by atoms with Gasteiger partial charge in [0.05, 0.1) is 16.1 Å². The van der Waals surface area contributed by atoms with E-state index in [1.165, 1.54) is 12.1 Å². The molecular formula is C21H14ClFN4O2. The summed E-state index contributed by atoms with van der Waals surface area (Å²) in [5, 5.41) is 5.19. The number of hydrogen-bond acceptors (Lipinski definition) is 4. The summed E-state index contributed by atoms with van der Waals surface area (Å²) < 4.78 is 19.3. The van der Waals surface area contributed by atoms with Crippen molar-refractivity contribution >= 4 is 40.0 Å². The lowest BCUT2D eigenvalue weighted by Crippen LogP contribution is -2.19. The molecule has 0 atom stereocenters. The van der Waals surface area contributed by atoms with E-state index in [1.54, 1.807) is 42.7 Å². The van der Waals surface area contributed by atoms with Crippen molar-refractivity contribution in [2.75, 3.05) is 10.6 Å². The van der Waals surface area contributed by atoms with Gasteiger partial charge in [0, 0.05) is 29.8 Å². The highest BCUT2D eigenvalue weighted by molar-refractivity contribution is 6.30. The van der Waals surface area contributed by atoms with E-state index in [4.69, 9.17) is 16.3 Å². The summed E-state index contributed by atoms with van der Waals surface area (Å²) in [6.45, 7) is 0. The first-order valence-corrected chi connectivity index (χ1v) is 8.96.